The first kappa shape index (κ1) is 11.6. The molecule has 0 aliphatic carbocycles. The van der Waals surface area contributed by atoms with E-state index in [4.69, 9.17) is 0 Å². The van der Waals surface area contributed by atoms with Gasteiger partial charge >= 0.3 is 0 Å². The molecular weight excluding hydrogens is 266 g/mol. The topological polar surface area (TPSA) is 20.5 Å². The van der Waals surface area contributed by atoms with E-state index in [1.807, 2.05) is 0 Å². The molecule has 0 unspecified atom stereocenters. The van der Waals surface area contributed by atoms with E-state index in [-0.39, 0.29) is 0 Å². The highest BCUT2D eigenvalue weighted by Crippen LogP contribution is 2.22. The molecular formula is C12H16BrN3. The number of pyridine rings is 1. The largest absolute Gasteiger partial charge is 0.304 e. The summed E-state index contributed by atoms with van der Waals surface area (Å²) in [5.74, 6) is 0. The Labute approximate surface area is 104 Å². The summed E-state index contributed by atoms with van der Waals surface area (Å²) >= 11 is 3.56. The van der Waals surface area contributed by atoms with Crippen molar-refractivity contribution in [3.63, 3.8) is 0 Å². The zero-order chi connectivity index (χ0) is 11.9. The molecule has 2 aromatic rings. The third-order valence-electron chi connectivity index (χ3n) is 2.58. The highest BCUT2D eigenvalue weighted by Gasteiger charge is 2.11. The van der Waals surface area contributed by atoms with Crippen LogP contribution in [0.25, 0.3) is 5.65 Å². The third kappa shape index (κ3) is 1.99. The summed E-state index contributed by atoms with van der Waals surface area (Å²) in [5.41, 5.74) is 4.58. The van der Waals surface area contributed by atoms with Crippen molar-refractivity contribution in [3.8, 4) is 0 Å². The summed E-state index contributed by atoms with van der Waals surface area (Å²) in [6.07, 6.45) is 2.14. The van der Waals surface area contributed by atoms with Crippen molar-refractivity contribution in [2.24, 2.45) is 0 Å². The van der Waals surface area contributed by atoms with E-state index < -0.39 is 0 Å². The van der Waals surface area contributed by atoms with Crippen LogP contribution < -0.4 is 0 Å². The van der Waals surface area contributed by atoms with Crippen molar-refractivity contribution in [3.05, 3.63) is 33.7 Å². The number of hydrogen-bond acceptors (Lipinski definition) is 2. The van der Waals surface area contributed by atoms with E-state index in [1.54, 1.807) is 0 Å². The van der Waals surface area contributed by atoms with Gasteiger partial charge in [-0.2, -0.15) is 0 Å². The van der Waals surface area contributed by atoms with Gasteiger partial charge in [0.1, 0.15) is 0 Å². The van der Waals surface area contributed by atoms with Gasteiger partial charge in [-0.25, -0.2) is 4.98 Å². The Morgan fingerprint density at radius 3 is 2.69 bits per heavy atom. The van der Waals surface area contributed by atoms with E-state index in [9.17, 15) is 0 Å². The van der Waals surface area contributed by atoms with Crippen LogP contribution in [0.3, 0.4) is 0 Å². The Hall–Kier alpha value is -0.870. The maximum atomic E-state index is 4.60. The van der Waals surface area contributed by atoms with Crippen LogP contribution in [0.15, 0.2) is 16.7 Å². The fraction of sp³-hybridized carbons (Fsp3) is 0.417. The molecule has 0 spiro atoms. The number of rotatable bonds is 2. The van der Waals surface area contributed by atoms with Gasteiger partial charge in [-0.1, -0.05) is 0 Å². The van der Waals surface area contributed by atoms with Gasteiger partial charge < -0.3 is 9.30 Å². The number of aryl methyl sites for hydroxylation is 2. The molecule has 0 saturated heterocycles. The monoisotopic (exact) mass is 281 g/mol. The predicted octanol–water partition coefficient (Wildman–Crippen LogP) is 2.78. The molecule has 2 aromatic heterocycles. The second kappa shape index (κ2) is 4.18. The number of fused-ring (bicyclic) bond motifs is 1. The van der Waals surface area contributed by atoms with E-state index in [2.05, 4.69) is 70.4 Å². The minimum atomic E-state index is 0.906. The Morgan fingerprint density at radius 2 is 2.06 bits per heavy atom. The summed E-state index contributed by atoms with van der Waals surface area (Å²) in [4.78, 5) is 6.76. The van der Waals surface area contributed by atoms with Crippen LogP contribution in [0.2, 0.25) is 0 Å². The van der Waals surface area contributed by atoms with E-state index in [1.165, 1.54) is 11.3 Å². The fourth-order valence-corrected chi connectivity index (χ4v) is 2.52. The van der Waals surface area contributed by atoms with Crippen molar-refractivity contribution in [2.45, 2.75) is 20.4 Å². The molecule has 0 amide bonds. The van der Waals surface area contributed by atoms with E-state index in [0.29, 0.717) is 0 Å². The quantitative estimate of drug-likeness (QED) is 0.844. The van der Waals surface area contributed by atoms with Crippen LogP contribution in [-0.2, 0) is 6.54 Å². The minimum Gasteiger partial charge on any atom is -0.304 e. The molecule has 0 saturated carbocycles. The van der Waals surface area contributed by atoms with Gasteiger partial charge in [0.25, 0.3) is 0 Å². The molecule has 2 heterocycles. The average molecular weight is 282 g/mol. The van der Waals surface area contributed by atoms with Crippen LogP contribution in [-0.4, -0.2) is 28.4 Å². The molecule has 4 heteroatoms. The molecule has 0 N–H and O–H groups in total. The lowest BCUT2D eigenvalue weighted by molar-refractivity contribution is 0.394. The van der Waals surface area contributed by atoms with Gasteiger partial charge in [0, 0.05) is 12.7 Å². The predicted molar refractivity (Wildman–Crippen MR) is 69.8 cm³/mol. The molecule has 86 valence electrons. The first-order valence-corrected chi connectivity index (χ1v) is 6.06. The maximum Gasteiger partial charge on any atom is 0.151 e. The zero-order valence-corrected chi connectivity index (χ0v) is 11.7. The summed E-state index contributed by atoms with van der Waals surface area (Å²) < 4.78 is 3.23. The van der Waals surface area contributed by atoms with Crippen LogP contribution >= 0.6 is 15.9 Å². The Morgan fingerprint density at radius 1 is 1.38 bits per heavy atom. The fourth-order valence-electron chi connectivity index (χ4n) is 1.88. The second-order valence-corrected chi connectivity index (χ2v) is 5.30. The minimum absolute atomic E-state index is 0.906. The standard InChI is InChI=1S/C12H16BrN3/c1-8-5-10(13)12-14-9(2)11(7-15(3)4)16(12)6-8/h5-6H,7H2,1-4H3. The molecule has 2 rings (SSSR count). The lowest BCUT2D eigenvalue weighted by Crippen LogP contribution is -2.13. The average Bonchev–Trinajstić information content (AvgIpc) is 2.45. The maximum absolute atomic E-state index is 4.60. The van der Waals surface area contributed by atoms with Gasteiger partial charge in [0.15, 0.2) is 5.65 Å². The Bertz CT molecular complexity index is 529. The zero-order valence-electron chi connectivity index (χ0n) is 10.1. The second-order valence-electron chi connectivity index (χ2n) is 4.44. The van der Waals surface area contributed by atoms with Gasteiger partial charge in [-0.15, -0.1) is 0 Å². The summed E-state index contributed by atoms with van der Waals surface area (Å²) in [5, 5.41) is 0. The number of imidazole rings is 1. The lowest BCUT2D eigenvalue weighted by atomic mass is 10.3. The number of aromatic nitrogens is 2. The smallest absolute Gasteiger partial charge is 0.151 e. The van der Waals surface area contributed by atoms with Crippen molar-refractivity contribution in [1.29, 1.82) is 0 Å². The Balaban J connectivity index is 2.68. The molecule has 0 atom stereocenters. The third-order valence-corrected chi connectivity index (χ3v) is 3.16. The Kier molecular flexibility index (Phi) is 3.04. The highest BCUT2D eigenvalue weighted by molar-refractivity contribution is 9.10. The van der Waals surface area contributed by atoms with E-state index >= 15 is 0 Å². The first-order valence-electron chi connectivity index (χ1n) is 5.27. The number of nitrogens with zero attached hydrogens (tertiary/aromatic N) is 3. The van der Waals surface area contributed by atoms with Gasteiger partial charge in [-0.3, -0.25) is 0 Å². The first-order chi connectivity index (χ1) is 7.49. The van der Waals surface area contributed by atoms with Crippen LogP contribution in [0.1, 0.15) is 17.0 Å². The molecule has 3 nitrogen and oxygen atoms in total. The van der Waals surface area contributed by atoms with Crippen LogP contribution in [0, 0.1) is 13.8 Å². The normalized spacial score (nSPS) is 11.6. The van der Waals surface area contributed by atoms with Crippen molar-refractivity contribution < 1.29 is 0 Å². The van der Waals surface area contributed by atoms with Gasteiger partial charge in [0.05, 0.1) is 15.9 Å². The molecule has 16 heavy (non-hydrogen) atoms. The van der Waals surface area contributed by atoms with Crippen molar-refractivity contribution >= 4 is 21.6 Å². The molecule has 0 aliphatic heterocycles. The van der Waals surface area contributed by atoms with Crippen LogP contribution in [0.5, 0.6) is 0 Å². The molecule has 0 bridgehead atoms. The van der Waals surface area contributed by atoms with Crippen molar-refractivity contribution in [2.75, 3.05) is 14.1 Å². The van der Waals surface area contributed by atoms with E-state index in [0.717, 1.165) is 22.4 Å². The molecule has 0 aromatic carbocycles. The number of hydrogen-bond donors (Lipinski definition) is 0. The van der Waals surface area contributed by atoms with Crippen molar-refractivity contribution in [1.82, 2.24) is 14.3 Å². The molecule has 0 radical (unpaired) electrons. The highest BCUT2D eigenvalue weighted by atomic mass is 79.9. The van der Waals surface area contributed by atoms with Gasteiger partial charge in [0.2, 0.25) is 0 Å². The summed E-state index contributed by atoms with van der Waals surface area (Å²) in [6.45, 7) is 5.06. The number of halogens is 1. The SMILES string of the molecule is Cc1cc(Br)c2nc(C)c(CN(C)C)n2c1. The summed E-state index contributed by atoms with van der Waals surface area (Å²) in [7, 11) is 4.15. The summed E-state index contributed by atoms with van der Waals surface area (Å²) in [6, 6.07) is 2.10. The van der Waals surface area contributed by atoms with Gasteiger partial charge in [-0.05, 0) is 55.5 Å². The lowest BCUT2D eigenvalue weighted by Gasteiger charge is -2.10. The molecule has 0 aliphatic rings. The van der Waals surface area contributed by atoms with Crippen LogP contribution in [0.4, 0.5) is 0 Å². The molecule has 0 fully saturated rings.